The molecule has 2 aromatic rings. The molecule has 0 saturated heterocycles. The van der Waals surface area contributed by atoms with Crippen molar-refractivity contribution in [2.24, 2.45) is 0 Å². The van der Waals surface area contributed by atoms with Crippen LogP contribution in [0.15, 0.2) is 54.6 Å². The second kappa shape index (κ2) is 4.71. The molecule has 0 amide bonds. The van der Waals surface area contributed by atoms with Gasteiger partial charge >= 0.3 is 8.56 Å². The first kappa shape index (κ1) is 11.9. The van der Waals surface area contributed by atoms with Crippen LogP contribution in [0.5, 0.6) is 5.75 Å². The number of hydrogen-bond acceptors (Lipinski definition) is 3. The van der Waals surface area contributed by atoms with E-state index in [-0.39, 0.29) is 0 Å². The molecule has 3 nitrogen and oxygen atoms in total. The SMILES string of the molecule is COc1ccc([Si](O)(O)c2ccccc2)cc1. The summed E-state index contributed by atoms with van der Waals surface area (Å²) in [5.74, 6) is 0.701. The predicted octanol–water partition coefficient (Wildman–Crippen LogP) is 0.236. The molecule has 0 aliphatic carbocycles. The maximum Gasteiger partial charge on any atom is 0.401 e. The number of ether oxygens (including phenoxy) is 1. The summed E-state index contributed by atoms with van der Waals surface area (Å²) < 4.78 is 5.04. The van der Waals surface area contributed by atoms with Gasteiger partial charge in [0, 0.05) is 0 Å². The van der Waals surface area contributed by atoms with Gasteiger partial charge in [0.05, 0.1) is 7.11 Å². The Morgan fingerprint density at radius 1 is 0.824 bits per heavy atom. The maximum absolute atomic E-state index is 10.3. The lowest BCUT2D eigenvalue weighted by Gasteiger charge is -2.18. The van der Waals surface area contributed by atoms with Crippen LogP contribution in [0, 0.1) is 0 Å². The second-order valence-corrected chi connectivity index (χ2v) is 6.27. The van der Waals surface area contributed by atoms with Crippen LogP contribution in [0.25, 0.3) is 0 Å². The van der Waals surface area contributed by atoms with Crippen molar-refractivity contribution >= 4 is 18.9 Å². The van der Waals surface area contributed by atoms with E-state index in [1.807, 2.05) is 6.07 Å². The van der Waals surface area contributed by atoms with Crippen LogP contribution in [-0.4, -0.2) is 25.3 Å². The fourth-order valence-corrected chi connectivity index (χ4v) is 3.28. The summed E-state index contributed by atoms with van der Waals surface area (Å²) in [5.41, 5.74) is 0. The molecule has 0 saturated carbocycles. The molecule has 0 aromatic heterocycles. The van der Waals surface area contributed by atoms with Gasteiger partial charge in [0.2, 0.25) is 0 Å². The van der Waals surface area contributed by atoms with Crippen molar-refractivity contribution in [3.05, 3.63) is 54.6 Å². The maximum atomic E-state index is 10.3. The molecule has 0 unspecified atom stereocenters. The molecular formula is C13H14O3Si. The van der Waals surface area contributed by atoms with E-state index >= 15 is 0 Å². The Kier molecular flexibility index (Phi) is 3.28. The van der Waals surface area contributed by atoms with Crippen LogP contribution < -0.4 is 15.1 Å². The zero-order chi connectivity index (χ0) is 12.3. The largest absolute Gasteiger partial charge is 0.497 e. The van der Waals surface area contributed by atoms with Gasteiger partial charge in [-0.1, -0.05) is 42.5 Å². The minimum absolute atomic E-state index is 0.546. The van der Waals surface area contributed by atoms with Gasteiger partial charge in [-0.25, -0.2) is 0 Å². The summed E-state index contributed by atoms with van der Waals surface area (Å²) >= 11 is 0. The Morgan fingerprint density at radius 3 is 1.88 bits per heavy atom. The summed E-state index contributed by atoms with van der Waals surface area (Å²) in [4.78, 5) is 20.5. The molecule has 17 heavy (non-hydrogen) atoms. The summed E-state index contributed by atoms with van der Waals surface area (Å²) in [7, 11) is -1.97. The monoisotopic (exact) mass is 246 g/mol. The first-order chi connectivity index (χ1) is 8.14. The molecule has 2 rings (SSSR count). The number of rotatable bonds is 3. The zero-order valence-corrected chi connectivity index (χ0v) is 10.5. The Labute approximate surface area is 101 Å². The van der Waals surface area contributed by atoms with Crippen molar-refractivity contribution in [3.8, 4) is 5.75 Å². The molecule has 0 aliphatic rings. The van der Waals surface area contributed by atoms with Crippen LogP contribution in [0.4, 0.5) is 0 Å². The van der Waals surface area contributed by atoms with E-state index in [1.54, 1.807) is 55.6 Å². The number of benzene rings is 2. The van der Waals surface area contributed by atoms with Crippen molar-refractivity contribution < 1.29 is 14.3 Å². The van der Waals surface area contributed by atoms with E-state index in [0.717, 1.165) is 0 Å². The topological polar surface area (TPSA) is 49.7 Å². The van der Waals surface area contributed by atoms with E-state index in [0.29, 0.717) is 16.1 Å². The zero-order valence-electron chi connectivity index (χ0n) is 9.50. The molecule has 0 heterocycles. The highest BCUT2D eigenvalue weighted by atomic mass is 28.4. The normalized spacial score (nSPS) is 11.2. The van der Waals surface area contributed by atoms with Crippen molar-refractivity contribution in [1.82, 2.24) is 0 Å². The molecule has 0 atom stereocenters. The smallest absolute Gasteiger partial charge is 0.401 e. The standard InChI is InChI=1S/C13H14O3Si/c1-16-11-7-9-13(10-8-11)17(14,15)12-5-3-2-4-6-12/h2-10,14-15H,1H3. The van der Waals surface area contributed by atoms with E-state index < -0.39 is 8.56 Å². The molecule has 4 heteroatoms. The summed E-state index contributed by atoms with van der Waals surface area (Å²) in [6, 6.07) is 15.8. The van der Waals surface area contributed by atoms with Gasteiger partial charge in [0.25, 0.3) is 0 Å². The molecule has 0 radical (unpaired) electrons. The van der Waals surface area contributed by atoms with Crippen molar-refractivity contribution in [2.75, 3.05) is 7.11 Å². The average molecular weight is 246 g/mol. The van der Waals surface area contributed by atoms with Crippen molar-refractivity contribution in [2.45, 2.75) is 0 Å². The van der Waals surface area contributed by atoms with Crippen LogP contribution in [-0.2, 0) is 0 Å². The Hall–Kier alpha value is -1.62. The number of hydrogen-bond donors (Lipinski definition) is 2. The third-order valence-electron chi connectivity index (χ3n) is 2.67. The van der Waals surface area contributed by atoms with Crippen LogP contribution in [0.1, 0.15) is 0 Å². The van der Waals surface area contributed by atoms with E-state index in [9.17, 15) is 9.59 Å². The van der Waals surface area contributed by atoms with Crippen LogP contribution in [0.3, 0.4) is 0 Å². The fourth-order valence-electron chi connectivity index (χ4n) is 1.66. The molecular weight excluding hydrogens is 232 g/mol. The summed E-state index contributed by atoms with van der Waals surface area (Å²) in [5, 5.41) is 1.12. The molecule has 0 spiro atoms. The highest BCUT2D eigenvalue weighted by molar-refractivity contribution is 6.90. The minimum atomic E-state index is -3.55. The lowest BCUT2D eigenvalue weighted by molar-refractivity contribution is 0.400. The van der Waals surface area contributed by atoms with Crippen LogP contribution in [0.2, 0.25) is 0 Å². The van der Waals surface area contributed by atoms with Crippen LogP contribution >= 0.6 is 0 Å². The predicted molar refractivity (Wildman–Crippen MR) is 68.9 cm³/mol. The van der Waals surface area contributed by atoms with E-state index in [1.165, 1.54) is 0 Å². The van der Waals surface area contributed by atoms with Gasteiger partial charge in [-0.2, -0.15) is 0 Å². The number of methoxy groups -OCH3 is 1. The quantitative estimate of drug-likeness (QED) is 0.763. The Balaban J connectivity index is 2.37. The first-order valence-corrected chi connectivity index (χ1v) is 7.19. The second-order valence-electron chi connectivity index (χ2n) is 3.77. The third-order valence-corrected chi connectivity index (χ3v) is 4.95. The third kappa shape index (κ3) is 2.39. The summed E-state index contributed by atoms with van der Waals surface area (Å²) in [6.45, 7) is 0. The molecule has 0 aliphatic heterocycles. The lowest BCUT2D eigenvalue weighted by Crippen LogP contribution is -2.59. The van der Waals surface area contributed by atoms with Gasteiger partial charge < -0.3 is 14.3 Å². The van der Waals surface area contributed by atoms with Gasteiger partial charge in [-0.15, -0.1) is 0 Å². The summed E-state index contributed by atoms with van der Waals surface area (Å²) in [6.07, 6.45) is 0. The van der Waals surface area contributed by atoms with Gasteiger partial charge in [0.15, 0.2) is 0 Å². The van der Waals surface area contributed by atoms with Gasteiger partial charge in [-0.05, 0) is 22.5 Å². The highest BCUT2D eigenvalue weighted by Gasteiger charge is 2.34. The average Bonchev–Trinajstić information content (AvgIpc) is 2.40. The molecule has 0 fully saturated rings. The Bertz CT molecular complexity index is 480. The lowest BCUT2D eigenvalue weighted by atomic mass is 10.3. The Morgan fingerprint density at radius 2 is 1.35 bits per heavy atom. The van der Waals surface area contributed by atoms with E-state index in [2.05, 4.69) is 0 Å². The van der Waals surface area contributed by atoms with Gasteiger partial charge in [-0.3, -0.25) is 0 Å². The fraction of sp³-hybridized carbons (Fsp3) is 0.0769. The highest BCUT2D eigenvalue weighted by Crippen LogP contribution is 2.08. The van der Waals surface area contributed by atoms with E-state index in [4.69, 9.17) is 4.74 Å². The van der Waals surface area contributed by atoms with Crippen molar-refractivity contribution in [3.63, 3.8) is 0 Å². The van der Waals surface area contributed by atoms with Gasteiger partial charge in [0.1, 0.15) is 5.75 Å². The first-order valence-electron chi connectivity index (χ1n) is 5.29. The minimum Gasteiger partial charge on any atom is -0.497 e. The van der Waals surface area contributed by atoms with Crippen molar-refractivity contribution in [1.29, 1.82) is 0 Å². The molecule has 88 valence electrons. The molecule has 2 aromatic carbocycles. The molecule has 2 N–H and O–H groups in total. The molecule has 0 bridgehead atoms.